The number of hydrogen-bond acceptors (Lipinski definition) is 5. The topological polar surface area (TPSA) is 51.2 Å². The van der Waals surface area contributed by atoms with E-state index in [4.69, 9.17) is 14.2 Å². The Hall–Kier alpha value is -1.30. The zero-order valence-corrected chi connectivity index (χ0v) is 16.1. The van der Waals surface area contributed by atoms with Crippen LogP contribution in [0.5, 0.6) is 11.5 Å². The number of aliphatic hydroxyl groups is 1. The highest BCUT2D eigenvalue weighted by molar-refractivity contribution is 5.42. The van der Waals surface area contributed by atoms with Gasteiger partial charge in [-0.15, -0.1) is 0 Å². The summed E-state index contributed by atoms with van der Waals surface area (Å²) >= 11 is 0. The molecule has 0 fully saturated rings. The summed E-state index contributed by atoms with van der Waals surface area (Å²) in [6, 6.07) is 6.22. The van der Waals surface area contributed by atoms with E-state index in [1.807, 2.05) is 39.0 Å². The standard InChI is InChI=1S/C19H33NO4/c1-14(2)20(12-16(21)13-24-19(3,4)5)11-15-8-9-17(22-6)18(10-15)23-7/h8-10,14,16,21H,11-13H2,1-7H3. The van der Waals surface area contributed by atoms with Crippen LogP contribution in [0.1, 0.15) is 40.2 Å². The molecule has 0 aliphatic carbocycles. The maximum absolute atomic E-state index is 10.3. The van der Waals surface area contributed by atoms with Gasteiger partial charge in [0.2, 0.25) is 0 Å². The molecule has 1 N–H and O–H groups in total. The van der Waals surface area contributed by atoms with E-state index in [1.54, 1.807) is 14.2 Å². The maximum atomic E-state index is 10.3. The molecule has 1 aromatic rings. The smallest absolute Gasteiger partial charge is 0.161 e. The van der Waals surface area contributed by atoms with E-state index in [0.29, 0.717) is 19.2 Å². The molecule has 0 saturated heterocycles. The Morgan fingerprint density at radius 1 is 1.08 bits per heavy atom. The van der Waals surface area contributed by atoms with Crippen molar-refractivity contribution >= 4 is 0 Å². The Morgan fingerprint density at radius 3 is 2.21 bits per heavy atom. The van der Waals surface area contributed by atoms with Gasteiger partial charge in [-0.05, 0) is 52.3 Å². The van der Waals surface area contributed by atoms with Crippen LogP contribution in [0.3, 0.4) is 0 Å². The molecule has 1 unspecified atom stereocenters. The number of nitrogens with zero attached hydrogens (tertiary/aromatic N) is 1. The van der Waals surface area contributed by atoms with Crippen LogP contribution in [0, 0.1) is 0 Å². The predicted molar refractivity (Wildman–Crippen MR) is 96.8 cm³/mol. The monoisotopic (exact) mass is 339 g/mol. The molecule has 0 aliphatic rings. The van der Waals surface area contributed by atoms with Crippen molar-refractivity contribution in [3.05, 3.63) is 23.8 Å². The first-order valence-electron chi connectivity index (χ1n) is 8.43. The van der Waals surface area contributed by atoms with Gasteiger partial charge in [-0.25, -0.2) is 0 Å². The summed E-state index contributed by atoms with van der Waals surface area (Å²) < 4.78 is 16.3. The Kier molecular flexibility index (Phi) is 8.00. The van der Waals surface area contributed by atoms with Gasteiger partial charge in [0.1, 0.15) is 0 Å². The Balaban J connectivity index is 2.72. The predicted octanol–water partition coefficient (Wildman–Crippen LogP) is 3.09. The second-order valence-electron chi connectivity index (χ2n) is 7.29. The van der Waals surface area contributed by atoms with Crippen molar-refractivity contribution in [1.29, 1.82) is 0 Å². The molecule has 138 valence electrons. The lowest BCUT2D eigenvalue weighted by molar-refractivity contribution is -0.0587. The fraction of sp³-hybridized carbons (Fsp3) is 0.684. The van der Waals surface area contributed by atoms with Crippen LogP contribution in [0.15, 0.2) is 18.2 Å². The second kappa shape index (κ2) is 9.25. The number of aliphatic hydroxyl groups excluding tert-OH is 1. The first-order chi connectivity index (χ1) is 11.2. The van der Waals surface area contributed by atoms with Gasteiger partial charge in [0.25, 0.3) is 0 Å². The second-order valence-corrected chi connectivity index (χ2v) is 7.29. The van der Waals surface area contributed by atoms with Crippen molar-refractivity contribution in [3.63, 3.8) is 0 Å². The van der Waals surface area contributed by atoms with E-state index < -0.39 is 6.10 Å². The molecule has 1 aromatic carbocycles. The molecule has 0 bridgehead atoms. The Labute approximate surface area is 146 Å². The quantitative estimate of drug-likeness (QED) is 0.749. The highest BCUT2D eigenvalue weighted by Crippen LogP contribution is 2.28. The lowest BCUT2D eigenvalue weighted by Crippen LogP contribution is -2.40. The third kappa shape index (κ3) is 7.07. The lowest BCUT2D eigenvalue weighted by Gasteiger charge is -2.30. The summed E-state index contributed by atoms with van der Waals surface area (Å²) in [5, 5.41) is 10.3. The molecular weight excluding hydrogens is 306 g/mol. The van der Waals surface area contributed by atoms with Gasteiger partial charge in [-0.3, -0.25) is 4.90 Å². The van der Waals surface area contributed by atoms with Crippen molar-refractivity contribution in [3.8, 4) is 11.5 Å². The fourth-order valence-corrected chi connectivity index (χ4v) is 2.34. The minimum atomic E-state index is -0.522. The van der Waals surface area contributed by atoms with Crippen molar-refractivity contribution in [2.24, 2.45) is 0 Å². The SMILES string of the molecule is COc1ccc(CN(CC(O)COC(C)(C)C)C(C)C)cc1OC. The minimum Gasteiger partial charge on any atom is -0.493 e. The first-order valence-corrected chi connectivity index (χ1v) is 8.43. The number of methoxy groups -OCH3 is 2. The summed E-state index contributed by atoms with van der Waals surface area (Å²) in [5.41, 5.74) is 0.873. The summed E-state index contributed by atoms with van der Waals surface area (Å²) in [6.07, 6.45) is -0.522. The summed E-state index contributed by atoms with van der Waals surface area (Å²) in [4.78, 5) is 2.22. The van der Waals surface area contributed by atoms with Crippen LogP contribution in [0.2, 0.25) is 0 Å². The zero-order chi connectivity index (χ0) is 18.3. The molecule has 24 heavy (non-hydrogen) atoms. The molecule has 5 nitrogen and oxygen atoms in total. The maximum Gasteiger partial charge on any atom is 0.161 e. The summed E-state index contributed by atoms with van der Waals surface area (Å²) in [6.45, 7) is 11.8. The van der Waals surface area contributed by atoms with E-state index in [-0.39, 0.29) is 5.60 Å². The third-order valence-electron chi connectivity index (χ3n) is 3.72. The molecule has 0 aliphatic heterocycles. The van der Waals surface area contributed by atoms with Gasteiger partial charge in [-0.1, -0.05) is 6.07 Å². The molecule has 0 heterocycles. The largest absolute Gasteiger partial charge is 0.493 e. The van der Waals surface area contributed by atoms with Crippen LogP contribution in [-0.2, 0) is 11.3 Å². The number of benzene rings is 1. The molecule has 1 rings (SSSR count). The lowest BCUT2D eigenvalue weighted by atomic mass is 10.1. The van der Waals surface area contributed by atoms with Gasteiger partial charge >= 0.3 is 0 Å². The van der Waals surface area contributed by atoms with Crippen molar-refractivity contribution in [2.75, 3.05) is 27.4 Å². The number of rotatable bonds is 9. The van der Waals surface area contributed by atoms with Crippen LogP contribution < -0.4 is 9.47 Å². The molecule has 0 saturated carbocycles. The molecule has 0 aromatic heterocycles. The average Bonchev–Trinajstić information content (AvgIpc) is 2.51. The first kappa shape index (κ1) is 20.7. The normalized spacial score (nSPS) is 13.4. The number of hydrogen-bond donors (Lipinski definition) is 1. The van der Waals surface area contributed by atoms with E-state index >= 15 is 0 Å². The molecule has 0 radical (unpaired) electrons. The van der Waals surface area contributed by atoms with E-state index in [1.165, 1.54) is 0 Å². The van der Waals surface area contributed by atoms with Gasteiger partial charge in [-0.2, -0.15) is 0 Å². The molecule has 0 spiro atoms. The van der Waals surface area contributed by atoms with Gasteiger partial charge in [0.05, 0.1) is 32.5 Å². The molecule has 0 amide bonds. The number of ether oxygens (including phenoxy) is 3. The van der Waals surface area contributed by atoms with Crippen LogP contribution in [-0.4, -0.2) is 55.1 Å². The van der Waals surface area contributed by atoms with Crippen LogP contribution >= 0.6 is 0 Å². The summed E-state index contributed by atoms with van der Waals surface area (Å²) in [7, 11) is 3.26. The van der Waals surface area contributed by atoms with E-state index in [2.05, 4.69) is 18.7 Å². The van der Waals surface area contributed by atoms with Crippen molar-refractivity contribution in [2.45, 2.75) is 58.9 Å². The van der Waals surface area contributed by atoms with Crippen LogP contribution in [0.4, 0.5) is 0 Å². The third-order valence-corrected chi connectivity index (χ3v) is 3.72. The van der Waals surface area contributed by atoms with Gasteiger partial charge < -0.3 is 19.3 Å². The molecule has 1 atom stereocenters. The van der Waals surface area contributed by atoms with Crippen molar-refractivity contribution < 1.29 is 19.3 Å². The van der Waals surface area contributed by atoms with Gasteiger partial charge in [0.15, 0.2) is 11.5 Å². The average molecular weight is 339 g/mol. The fourth-order valence-electron chi connectivity index (χ4n) is 2.34. The minimum absolute atomic E-state index is 0.243. The van der Waals surface area contributed by atoms with Gasteiger partial charge in [0, 0.05) is 19.1 Å². The summed E-state index contributed by atoms with van der Waals surface area (Å²) in [5.74, 6) is 1.44. The van der Waals surface area contributed by atoms with E-state index in [9.17, 15) is 5.11 Å². The van der Waals surface area contributed by atoms with Crippen LogP contribution in [0.25, 0.3) is 0 Å². The van der Waals surface area contributed by atoms with Crippen molar-refractivity contribution in [1.82, 2.24) is 4.90 Å². The van der Waals surface area contributed by atoms with E-state index in [0.717, 1.165) is 23.6 Å². The Bertz CT molecular complexity index is 497. The Morgan fingerprint density at radius 2 is 1.71 bits per heavy atom. The highest BCUT2D eigenvalue weighted by atomic mass is 16.5. The highest BCUT2D eigenvalue weighted by Gasteiger charge is 2.19. The zero-order valence-electron chi connectivity index (χ0n) is 16.1. The molecular formula is C19H33NO4. The molecule has 5 heteroatoms.